The van der Waals surface area contributed by atoms with E-state index >= 15 is 0 Å². The summed E-state index contributed by atoms with van der Waals surface area (Å²) < 4.78 is 16.2. The van der Waals surface area contributed by atoms with Crippen molar-refractivity contribution in [3.05, 3.63) is 10.1 Å². The second-order valence-electron chi connectivity index (χ2n) is 4.71. The van der Waals surface area contributed by atoms with Crippen LogP contribution in [0.5, 0.6) is 0 Å². The highest BCUT2D eigenvalue weighted by Crippen LogP contribution is 2.31. The van der Waals surface area contributed by atoms with Crippen molar-refractivity contribution in [3.8, 4) is 0 Å². The number of carbonyl (C=O) groups is 1. The highest BCUT2D eigenvalue weighted by molar-refractivity contribution is 7.99. The minimum absolute atomic E-state index is 0.0574. The number of fused-ring (bicyclic) bond motifs is 1. The van der Waals surface area contributed by atoms with Crippen molar-refractivity contribution < 1.29 is 28.9 Å². The van der Waals surface area contributed by atoms with Gasteiger partial charge in [0, 0.05) is 11.6 Å². The molecule has 1 N–H and O–H groups in total. The van der Waals surface area contributed by atoms with Gasteiger partial charge in [-0.2, -0.15) is 0 Å². The van der Waals surface area contributed by atoms with E-state index in [2.05, 4.69) is 10.2 Å². The number of carbonyl (C=O) groups excluding carboxylic acids is 1. The van der Waals surface area contributed by atoms with Crippen LogP contribution in [0.25, 0.3) is 0 Å². The molecule has 0 aliphatic carbocycles. The molecule has 3 aliphatic rings. The molecule has 3 fully saturated rings. The Kier molecular flexibility index (Phi) is 3.96. The van der Waals surface area contributed by atoms with Crippen LogP contribution in [0.15, 0.2) is 0 Å². The van der Waals surface area contributed by atoms with Crippen molar-refractivity contribution in [2.75, 3.05) is 24.8 Å². The molecule has 0 bridgehead atoms. The summed E-state index contributed by atoms with van der Waals surface area (Å²) in [6.07, 6.45) is -2.37. The summed E-state index contributed by atoms with van der Waals surface area (Å²) in [5.41, 5.74) is 0. The Morgan fingerprint density at radius 2 is 2.00 bits per heavy atom. The van der Waals surface area contributed by atoms with Crippen LogP contribution in [-0.2, 0) is 23.8 Å². The Morgan fingerprint density at radius 3 is 2.65 bits per heavy atom. The van der Waals surface area contributed by atoms with E-state index in [1.165, 1.54) is 0 Å². The highest BCUT2D eigenvalue weighted by atomic mass is 32.2. The number of hydrogen-bond acceptors (Lipinski definition) is 9. The monoisotopic (exact) mass is 306 g/mol. The zero-order valence-corrected chi connectivity index (χ0v) is 11.2. The van der Waals surface area contributed by atoms with Crippen LogP contribution < -0.4 is 5.32 Å². The molecule has 20 heavy (non-hydrogen) atoms. The van der Waals surface area contributed by atoms with E-state index in [9.17, 15) is 14.9 Å². The predicted molar refractivity (Wildman–Crippen MR) is 65.5 cm³/mol. The second kappa shape index (κ2) is 5.72. The van der Waals surface area contributed by atoms with Crippen LogP contribution >= 0.6 is 11.8 Å². The van der Waals surface area contributed by atoms with Gasteiger partial charge in [0.2, 0.25) is 0 Å². The number of nitrogens with one attached hydrogen (secondary N) is 1. The average Bonchev–Trinajstić information content (AvgIpc) is 3.09. The molecule has 0 radical (unpaired) electrons. The Balaban J connectivity index is 1.55. The Bertz CT molecular complexity index is 403. The van der Waals surface area contributed by atoms with Gasteiger partial charge < -0.3 is 19.0 Å². The number of rotatable bonds is 4. The van der Waals surface area contributed by atoms with Gasteiger partial charge in [0.05, 0.1) is 13.2 Å². The molecule has 0 amide bonds. The summed E-state index contributed by atoms with van der Waals surface area (Å²) in [7, 11) is 0. The van der Waals surface area contributed by atoms with E-state index < -0.39 is 29.5 Å². The molecule has 3 heterocycles. The van der Waals surface area contributed by atoms with Crippen LogP contribution in [0.1, 0.15) is 0 Å². The van der Waals surface area contributed by atoms with E-state index in [1.807, 2.05) is 0 Å². The molecule has 0 aromatic heterocycles. The van der Waals surface area contributed by atoms with Gasteiger partial charge in [-0.05, 0) is 0 Å². The minimum Gasteiger partial charge on any atom is -0.456 e. The molecule has 0 saturated carbocycles. The van der Waals surface area contributed by atoms with E-state index in [0.29, 0.717) is 5.75 Å². The molecule has 3 saturated heterocycles. The topological polar surface area (TPSA) is 109 Å². The van der Waals surface area contributed by atoms with Crippen molar-refractivity contribution in [2.24, 2.45) is 0 Å². The molecule has 112 valence electrons. The molecular formula is C10H14N2O7S. The maximum atomic E-state index is 11.9. The Labute approximate surface area is 118 Å². The molecule has 0 aromatic carbocycles. The second-order valence-corrected chi connectivity index (χ2v) is 5.74. The lowest BCUT2D eigenvalue weighted by Gasteiger charge is -2.18. The Morgan fingerprint density at radius 1 is 1.30 bits per heavy atom. The van der Waals surface area contributed by atoms with Crippen LogP contribution in [0.3, 0.4) is 0 Å². The van der Waals surface area contributed by atoms with Gasteiger partial charge in [0.25, 0.3) is 5.09 Å². The zero-order chi connectivity index (χ0) is 14.1. The van der Waals surface area contributed by atoms with Gasteiger partial charge >= 0.3 is 5.97 Å². The Hall–Kier alpha value is -1.10. The van der Waals surface area contributed by atoms with Crippen LogP contribution in [0.2, 0.25) is 0 Å². The van der Waals surface area contributed by atoms with Crippen LogP contribution in [0, 0.1) is 10.1 Å². The molecule has 3 aliphatic heterocycles. The maximum Gasteiger partial charge on any atom is 0.324 e. The van der Waals surface area contributed by atoms with Crippen molar-refractivity contribution in [1.82, 2.24) is 5.32 Å². The van der Waals surface area contributed by atoms with Gasteiger partial charge in [0.15, 0.2) is 12.2 Å². The fourth-order valence-corrected chi connectivity index (χ4v) is 3.44. The molecule has 10 heteroatoms. The van der Waals surface area contributed by atoms with E-state index in [4.69, 9.17) is 14.2 Å². The summed E-state index contributed by atoms with van der Waals surface area (Å²) in [4.78, 5) is 26.7. The van der Waals surface area contributed by atoms with Crippen LogP contribution in [-0.4, -0.2) is 66.4 Å². The highest BCUT2D eigenvalue weighted by Gasteiger charge is 2.51. The fraction of sp³-hybridized carbons (Fsp3) is 0.900. The quantitative estimate of drug-likeness (QED) is 0.394. The minimum atomic E-state index is -0.862. The van der Waals surface area contributed by atoms with Crippen molar-refractivity contribution in [3.63, 3.8) is 0 Å². The smallest absolute Gasteiger partial charge is 0.324 e. The molecule has 5 atom stereocenters. The predicted octanol–water partition coefficient (Wildman–Crippen LogP) is -1.06. The first-order valence-electron chi connectivity index (χ1n) is 6.21. The molecule has 0 spiro atoms. The molecule has 3 rings (SSSR count). The number of esters is 1. The summed E-state index contributed by atoms with van der Waals surface area (Å²) in [5, 5.41) is 12.5. The van der Waals surface area contributed by atoms with Crippen molar-refractivity contribution >= 4 is 17.7 Å². The van der Waals surface area contributed by atoms with Crippen LogP contribution in [0.4, 0.5) is 0 Å². The van der Waals surface area contributed by atoms with Gasteiger partial charge in [-0.3, -0.25) is 10.1 Å². The zero-order valence-electron chi connectivity index (χ0n) is 10.4. The fourth-order valence-electron chi connectivity index (χ4n) is 2.51. The molecular weight excluding hydrogens is 292 g/mol. The average molecular weight is 306 g/mol. The van der Waals surface area contributed by atoms with Gasteiger partial charge in [-0.1, -0.05) is 0 Å². The third-order valence-electron chi connectivity index (χ3n) is 3.45. The summed E-state index contributed by atoms with van der Waals surface area (Å²) in [6, 6.07) is -0.314. The largest absolute Gasteiger partial charge is 0.456 e. The SMILES string of the molecule is O=C(O[C@H]1CO[C@H]2[C@@H]1OC[C@H]2O[N+](=O)[O-])[C@@H]1CSCN1. The first-order valence-corrected chi connectivity index (χ1v) is 7.36. The third-order valence-corrected chi connectivity index (χ3v) is 4.39. The van der Waals surface area contributed by atoms with Crippen molar-refractivity contribution in [1.29, 1.82) is 0 Å². The number of ether oxygens (including phenoxy) is 3. The molecule has 0 aromatic rings. The molecule has 0 unspecified atom stereocenters. The summed E-state index contributed by atoms with van der Waals surface area (Å²) >= 11 is 1.63. The van der Waals surface area contributed by atoms with Gasteiger partial charge in [-0.15, -0.1) is 21.9 Å². The lowest BCUT2D eigenvalue weighted by molar-refractivity contribution is -0.769. The normalized spacial score (nSPS) is 39.5. The van der Waals surface area contributed by atoms with E-state index in [-0.39, 0.29) is 25.2 Å². The van der Waals surface area contributed by atoms with Gasteiger partial charge in [-0.25, -0.2) is 0 Å². The van der Waals surface area contributed by atoms with Gasteiger partial charge in [0.1, 0.15) is 18.2 Å². The lowest BCUT2D eigenvalue weighted by atomic mass is 10.1. The molecule has 9 nitrogen and oxygen atoms in total. The standard InChI is InChI=1S/C10H14N2O7S/c13-10(5-3-20-4-11-5)18-6-1-16-9-7(19-12(14)15)2-17-8(6)9/h5-9,11H,1-4H2/t5-,6-,7+,8+,9+/m0/s1. The first-order chi connectivity index (χ1) is 9.65. The summed E-state index contributed by atoms with van der Waals surface area (Å²) in [5.74, 6) is 1.06. The van der Waals surface area contributed by atoms with E-state index in [1.54, 1.807) is 11.8 Å². The summed E-state index contributed by atoms with van der Waals surface area (Å²) in [6.45, 7) is 0.223. The number of hydrogen-bond donors (Lipinski definition) is 1. The first kappa shape index (κ1) is 13.9. The third kappa shape index (κ3) is 2.68. The maximum absolute atomic E-state index is 11.9. The van der Waals surface area contributed by atoms with Crippen molar-refractivity contribution in [2.45, 2.75) is 30.5 Å². The van der Waals surface area contributed by atoms with E-state index in [0.717, 1.165) is 5.88 Å². The number of nitrogens with zero attached hydrogens (tertiary/aromatic N) is 1. The number of thioether (sulfide) groups is 1. The lowest BCUT2D eigenvalue weighted by Crippen LogP contribution is -2.41.